The second kappa shape index (κ2) is 6.22. The van der Waals surface area contributed by atoms with Gasteiger partial charge in [-0.3, -0.25) is 4.79 Å². The summed E-state index contributed by atoms with van der Waals surface area (Å²) in [6.45, 7) is 0. The van der Waals surface area contributed by atoms with Crippen LogP contribution in [-0.4, -0.2) is 17.1 Å². The maximum absolute atomic E-state index is 13.2. The minimum Gasteiger partial charge on any atom is -0.307 e. The van der Waals surface area contributed by atoms with Gasteiger partial charge in [-0.2, -0.15) is 13.2 Å². The van der Waals surface area contributed by atoms with Crippen molar-refractivity contribution in [2.24, 2.45) is 0 Å². The zero-order valence-electron chi connectivity index (χ0n) is 12.5. The molecule has 1 aromatic carbocycles. The first kappa shape index (κ1) is 16.4. The van der Waals surface area contributed by atoms with Gasteiger partial charge in [0.15, 0.2) is 0 Å². The number of fused-ring (bicyclic) bond motifs is 1. The Balaban J connectivity index is 1.75. The van der Waals surface area contributed by atoms with Gasteiger partial charge in [0.05, 0.1) is 0 Å². The van der Waals surface area contributed by atoms with Gasteiger partial charge in [0.2, 0.25) is 6.17 Å². The summed E-state index contributed by atoms with van der Waals surface area (Å²) in [7, 11) is 0. The molecule has 0 radical (unpaired) electrons. The Kier molecular flexibility index (Phi) is 4.26. The van der Waals surface area contributed by atoms with Crippen LogP contribution in [0.2, 0.25) is 0 Å². The monoisotopic (exact) mass is 338 g/mol. The van der Waals surface area contributed by atoms with Crippen LogP contribution in [0.3, 0.4) is 0 Å². The highest BCUT2D eigenvalue weighted by Crippen LogP contribution is 2.35. The molecule has 2 aromatic rings. The molecule has 1 aliphatic rings. The molecule has 0 bridgehead atoms. The van der Waals surface area contributed by atoms with Crippen LogP contribution >= 0.6 is 0 Å². The van der Waals surface area contributed by atoms with Crippen molar-refractivity contribution in [1.29, 1.82) is 0 Å². The van der Waals surface area contributed by atoms with Gasteiger partial charge < -0.3 is 5.32 Å². The van der Waals surface area contributed by atoms with Crippen LogP contribution in [0.25, 0.3) is 0 Å². The minimum absolute atomic E-state index is 0.0775. The van der Waals surface area contributed by atoms with Crippen LogP contribution in [0, 0.1) is 0 Å². The lowest BCUT2D eigenvalue weighted by Crippen LogP contribution is -2.18. The van der Waals surface area contributed by atoms with Crippen LogP contribution in [0.15, 0.2) is 36.5 Å². The first-order chi connectivity index (χ1) is 11.4. The van der Waals surface area contributed by atoms with Crippen LogP contribution in [0.5, 0.6) is 0 Å². The average molecular weight is 338 g/mol. The first-order valence-electron chi connectivity index (χ1n) is 7.45. The van der Waals surface area contributed by atoms with E-state index in [4.69, 9.17) is 0 Å². The SMILES string of the molecule is O=C(Nc1ccc(C(F)C(F)(F)F)cn1)c1cccc2c1CCC2. The predicted molar refractivity (Wildman–Crippen MR) is 80.6 cm³/mol. The summed E-state index contributed by atoms with van der Waals surface area (Å²) >= 11 is 0. The number of hydrogen-bond acceptors (Lipinski definition) is 2. The maximum Gasteiger partial charge on any atom is 0.423 e. The Labute approximate surface area is 135 Å². The van der Waals surface area contributed by atoms with Crippen molar-refractivity contribution in [2.75, 3.05) is 5.32 Å². The lowest BCUT2D eigenvalue weighted by molar-refractivity contribution is -0.182. The summed E-state index contributed by atoms with van der Waals surface area (Å²) in [5.41, 5.74) is 2.07. The minimum atomic E-state index is -4.98. The van der Waals surface area contributed by atoms with Crippen molar-refractivity contribution >= 4 is 11.7 Å². The molecule has 1 heterocycles. The number of nitrogens with one attached hydrogen (secondary N) is 1. The fourth-order valence-corrected chi connectivity index (χ4v) is 2.83. The Morgan fingerprint density at radius 3 is 2.62 bits per heavy atom. The molecular weight excluding hydrogens is 324 g/mol. The molecule has 1 N–H and O–H groups in total. The zero-order valence-corrected chi connectivity index (χ0v) is 12.5. The lowest BCUT2D eigenvalue weighted by Gasteiger charge is -2.13. The number of carbonyl (C=O) groups excluding carboxylic acids is 1. The molecule has 1 atom stereocenters. The van der Waals surface area contributed by atoms with Gasteiger partial charge in [0.1, 0.15) is 5.82 Å². The molecule has 0 aliphatic heterocycles. The van der Waals surface area contributed by atoms with Crippen molar-refractivity contribution in [3.05, 3.63) is 58.8 Å². The molecule has 0 saturated heterocycles. The molecule has 1 aromatic heterocycles. The van der Waals surface area contributed by atoms with E-state index in [0.29, 0.717) is 5.56 Å². The largest absolute Gasteiger partial charge is 0.423 e. The van der Waals surface area contributed by atoms with Crippen molar-refractivity contribution in [3.63, 3.8) is 0 Å². The van der Waals surface area contributed by atoms with Gasteiger partial charge in [0, 0.05) is 17.3 Å². The third kappa shape index (κ3) is 3.25. The molecule has 7 heteroatoms. The number of carbonyl (C=O) groups is 1. The van der Waals surface area contributed by atoms with E-state index >= 15 is 0 Å². The van der Waals surface area contributed by atoms with Gasteiger partial charge >= 0.3 is 6.18 Å². The number of amides is 1. The number of halogens is 4. The molecular formula is C17H14F4N2O. The molecule has 3 rings (SSSR count). The summed E-state index contributed by atoms with van der Waals surface area (Å²) in [6, 6.07) is 7.61. The number of aryl methyl sites for hydroxylation is 1. The number of pyridine rings is 1. The number of benzene rings is 1. The standard InChI is InChI=1S/C17H14F4N2O/c18-15(17(19,20)21)11-7-8-14(22-9-11)23-16(24)13-6-2-4-10-3-1-5-12(10)13/h2,4,6-9,15H,1,3,5H2,(H,22,23,24). The Morgan fingerprint density at radius 1 is 1.17 bits per heavy atom. The number of anilines is 1. The van der Waals surface area contributed by atoms with Crippen molar-refractivity contribution < 1.29 is 22.4 Å². The third-order valence-electron chi connectivity index (χ3n) is 4.00. The summed E-state index contributed by atoms with van der Waals surface area (Å²) in [6.07, 6.45) is -4.55. The van der Waals surface area contributed by atoms with E-state index in [1.807, 2.05) is 6.07 Å². The molecule has 1 unspecified atom stereocenters. The van der Waals surface area contributed by atoms with Gasteiger partial charge in [-0.25, -0.2) is 9.37 Å². The smallest absolute Gasteiger partial charge is 0.307 e. The summed E-state index contributed by atoms with van der Waals surface area (Å²) in [5.74, 6) is -0.296. The fourth-order valence-electron chi connectivity index (χ4n) is 2.83. The molecule has 0 fully saturated rings. The zero-order chi connectivity index (χ0) is 17.3. The number of rotatable bonds is 3. The Hall–Kier alpha value is -2.44. The highest BCUT2D eigenvalue weighted by molar-refractivity contribution is 6.05. The molecule has 0 saturated carbocycles. The van der Waals surface area contributed by atoms with Crippen LogP contribution < -0.4 is 5.32 Å². The molecule has 1 amide bonds. The quantitative estimate of drug-likeness (QED) is 0.843. The summed E-state index contributed by atoms with van der Waals surface area (Å²) < 4.78 is 50.2. The molecule has 0 spiro atoms. The molecule has 3 nitrogen and oxygen atoms in total. The van der Waals surface area contributed by atoms with Gasteiger partial charge in [-0.15, -0.1) is 0 Å². The van der Waals surface area contributed by atoms with Gasteiger partial charge in [0.25, 0.3) is 5.91 Å². The van der Waals surface area contributed by atoms with Gasteiger partial charge in [-0.05, 0) is 42.5 Å². The predicted octanol–water partition coefficient (Wildman–Crippen LogP) is 4.40. The van der Waals surface area contributed by atoms with E-state index in [9.17, 15) is 22.4 Å². The van der Waals surface area contributed by atoms with Crippen molar-refractivity contribution in [2.45, 2.75) is 31.6 Å². The summed E-state index contributed by atoms with van der Waals surface area (Å²) in [4.78, 5) is 16.0. The topological polar surface area (TPSA) is 42.0 Å². The van der Waals surface area contributed by atoms with Crippen LogP contribution in [0.1, 0.15) is 39.6 Å². The van der Waals surface area contributed by atoms with Crippen molar-refractivity contribution in [1.82, 2.24) is 4.98 Å². The number of nitrogens with zero attached hydrogens (tertiary/aromatic N) is 1. The third-order valence-corrected chi connectivity index (χ3v) is 4.00. The molecule has 1 aliphatic carbocycles. The summed E-state index contributed by atoms with van der Waals surface area (Å²) in [5, 5.41) is 2.54. The van der Waals surface area contributed by atoms with Crippen LogP contribution in [0.4, 0.5) is 23.4 Å². The lowest BCUT2D eigenvalue weighted by atomic mass is 10.0. The van der Waals surface area contributed by atoms with E-state index in [0.717, 1.165) is 48.7 Å². The highest BCUT2D eigenvalue weighted by Gasteiger charge is 2.41. The number of aromatic nitrogens is 1. The second-order valence-corrected chi connectivity index (χ2v) is 5.63. The molecule has 126 valence electrons. The fraction of sp³-hybridized carbons (Fsp3) is 0.294. The Bertz CT molecular complexity index is 756. The highest BCUT2D eigenvalue weighted by atomic mass is 19.4. The maximum atomic E-state index is 13.2. The van der Waals surface area contributed by atoms with Crippen molar-refractivity contribution in [3.8, 4) is 0 Å². The van der Waals surface area contributed by atoms with E-state index in [1.54, 1.807) is 12.1 Å². The second-order valence-electron chi connectivity index (χ2n) is 5.63. The first-order valence-corrected chi connectivity index (χ1v) is 7.45. The average Bonchev–Trinajstić information content (AvgIpc) is 3.02. The Morgan fingerprint density at radius 2 is 1.96 bits per heavy atom. The van der Waals surface area contributed by atoms with E-state index in [-0.39, 0.29) is 11.7 Å². The van der Waals surface area contributed by atoms with E-state index in [1.165, 1.54) is 0 Å². The van der Waals surface area contributed by atoms with Crippen LogP contribution in [-0.2, 0) is 12.8 Å². The number of alkyl halides is 4. The van der Waals surface area contributed by atoms with Gasteiger partial charge in [-0.1, -0.05) is 18.2 Å². The normalized spacial score (nSPS) is 15.0. The van der Waals surface area contributed by atoms with E-state index < -0.39 is 17.9 Å². The number of hydrogen-bond donors (Lipinski definition) is 1. The van der Waals surface area contributed by atoms with E-state index in [2.05, 4.69) is 10.3 Å². The molecule has 24 heavy (non-hydrogen) atoms.